The second kappa shape index (κ2) is 3.86. The summed E-state index contributed by atoms with van der Waals surface area (Å²) in [5, 5.41) is 0. The predicted octanol–water partition coefficient (Wildman–Crippen LogP) is 2.59. The average Bonchev–Trinajstić information content (AvgIpc) is 2.12. The molecule has 0 radical (unpaired) electrons. The van der Waals surface area contributed by atoms with Gasteiger partial charge in [0, 0.05) is 12.6 Å². The van der Waals surface area contributed by atoms with Crippen molar-refractivity contribution in [3.8, 4) is 0 Å². The molecule has 0 amide bonds. The number of hydrogen-bond donors (Lipinski definition) is 0. The van der Waals surface area contributed by atoms with Crippen molar-refractivity contribution in [1.29, 1.82) is 0 Å². The highest BCUT2D eigenvalue weighted by molar-refractivity contribution is 5.94. The second-order valence-electron chi connectivity index (χ2n) is 3.76. The van der Waals surface area contributed by atoms with E-state index in [1.807, 2.05) is 0 Å². The molecular formula is C11H12FNO. The molecule has 0 unspecified atom stereocenters. The van der Waals surface area contributed by atoms with Gasteiger partial charge in [0.1, 0.15) is 5.69 Å². The molecule has 2 nitrogen and oxygen atoms in total. The third-order valence-electron chi connectivity index (χ3n) is 2.72. The third kappa shape index (κ3) is 1.81. The minimum atomic E-state index is -0.503. The van der Waals surface area contributed by atoms with E-state index in [-0.39, 0.29) is 11.5 Å². The number of pyridine rings is 1. The van der Waals surface area contributed by atoms with Crippen molar-refractivity contribution in [2.75, 3.05) is 0 Å². The summed E-state index contributed by atoms with van der Waals surface area (Å²) in [5.74, 6) is -0.200. The van der Waals surface area contributed by atoms with E-state index in [4.69, 9.17) is 0 Å². The summed E-state index contributed by atoms with van der Waals surface area (Å²) in [6.07, 6.45) is 5.30. The molecule has 0 saturated heterocycles. The van der Waals surface area contributed by atoms with Crippen LogP contribution in [-0.2, 0) is 0 Å². The third-order valence-corrected chi connectivity index (χ3v) is 2.72. The number of halogens is 1. The number of hydrogen-bond acceptors (Lipinski definition) is 2. The highest BCUT2D eigenvalue weighted by atomic mass is 19.1. The first-order chi connectivity index (χ1) is 6.77. The van der Waals surface area contributed by atoms with Crippen LogP contribution >= 0.6 is 0 Å². The molecule has 1 fully saturated rings. The summed E-state index contributed by atoms with van der Waals surface area (Å²) < 4.78 is 13.1. The molecule has 1 aromatic rings. The fraction of sp³-hybridized carbons (Fsp3) is 0.455. The second-order valence-corrected chi connectivity index (χ2v) is 3.76. The maximum Gasteiger partial charge on any atom is 0.184 e. The maximum absolute atomic E-state index is 13.1. The van der Waals surface area contributed by atoms with Crippen LogP contribution in [0.5, 0.6) is 0 Å². The Morgan fingerprint density at radius 2 is 2.36 bits per heavy atom. The fourth-order valence-corrected chi connectivity index (χ4v) is 1.65. The summed E-state index contributed by atoms with van der Waals surface area (Å²) in [6.45, 7) is 0. The van der Waals surface area contributed by atoms with E-state index in [1.54, 1.807) is 0 Å². The average molecular weight is 193 g/mol. The van der Waals surface area contributed by atoms with Gasteiger partial charge in [-0.05, 0) is 18.1 Å². The highest BCUT2D eigenvalue weighted by Gasteiger charge is 2.23. The van der Waals surface area contributed by atoms with Crippen molar-refractivity contribution in [3.05, 3.63) is 29.8 Å². The van der Waals surface area contributed by atoms with Gasteiger partial charge in [0.2, 0.25) is 0 Å². The summed E-state index contributed by atoms with van der Waals surface area (Å²) in [6, 6.07) is 2.77. The molecule has 0 atom stereocenters. The standard InChI is InChI=1S/C11H12FNO/c12-9-5-2-6-13-11(9)10(14)7-8-3-1-4-8/h2,5-6,8H,1,3-4,7H2. The van der Waals surface area contributed by atoms with Gasteiger partial charge in [-0.2, -0.15) is 0 Å². The molecular weight excluding hydrogens is 181 g/mol. The molecule has 14 heavy (non-hydrogen) atoms. The van der Waals surface area contributed by atoms with Crippen LogP contribution in [0, 0.1) is 11.7 Å². The van der Waals surface area contributed by atoms with Gasteiger partial charge < -0.3 is 0 Å². The monoisotopic (exact) mass is 193 g/mol. The Balaban J connectivity index is 2.06. The molecule has 0 aliphatic heterocycles. The van der Waals surface area contributed by atoms with Gasteiger partial charge in [0.05, 0.1) is 0 Å². The first-order valence-corrected chi connectivity index (χ1v) is 4.91. The quantitative estimate of drug-likeness (QED) is 0.690. The Labute approximate surface area is 82.2 Å². The van der Waals surface area contributed by atoms with Gasteiger partial charge in [0.25, 0.3) is 0 Å². The van der Waals surface area contributed by atoms with E-state index in [1.165, 1.54) is 24.8 Å². The lowest BCUT2D eigenvalue weighted by Gasteiger charge is -2.24. The maximum atomic E-state index is 13.1. The van der Waals surface area contributed by atoms with Crippen LogP contribution in [0.1, 0.15) is 36.2 Å². The van der Waals surface area contributed by atoms with Crippen molar-refractivity contribution >= 4 is 5.78 Å². The molecule has 0 bridgehead atoms. The Bertz CT molecular complexity index is 347. The van der Waals surface area contributed by atoms with Gasteiger partial charge in [-0.15, -0.1) is 0 Å². The van der Waals surface area contributed by atoms with E-state index in [0.717, 1.165) is 12.8 Å². The van der Waals surface area contributed by atoms with E-state index < -0.39 is 5.82 Å². The lowest BCUT2D eigenvalue weighted by molar-refractivity contribution is 0.0927. The van der Waals surface area contributed by atoms with Gasteiger partial charge in [-0.1, -0.05) is 19.3 Å². The summed E-state index contributed by atoms with van der Waals surface area (Å²) >= 11 is 0. The normalized spacial score (nSPS) is 16.4. The number of aromatic nitrogens is 1. The molecule has 1 aromatic heterocycles. The van der Waals surface area contributed by atoms with E-state index in [2.05, 4.69) is 4.98 Å². The van der Waals surface area contributed by atoms with E-state index in [0.29, 0.717) is 12.3 Å². The van der Waals surface area contributed by atoms with Gasteiger partial charge in [0.15, 0.2) is 11.6 Å². The zero-order valence-electron chi connectivity index (χ0n) is 7.87. The van der Waals surface area contributed by atoms with Crippen LogP contribution in [0.4, 0.5) is 4.39 Å². The van der Waals surface area contributed by atoms with Crippen LogP contribution < -0.4 is 0 Å². The number of Topliss-reactive ketones (excluding diaryl/α,β-unsaturated/α-hetero) is 1. The predicted molar refractivity (Wildman–Crippen MR) is 50.5 cm³/mol. The molecule has 1 heterocycles. The number of carbonyl (C=O) groups excluding carboxylic acids is 1. The smallest absolute Gasteiger partial charge is 0.184 e. The van der Waals surface area contributed by atoms with Gasteiger partial charge >= 0.3 is 0 Å². The molecule has 74 valence electrons. The van der Waals surface area contributed by atoms with Gasteiger partial charge in [-0.3, -0.25) is 9.78 Å². The van der Waals surface area contributed by atoms with Crippen molar-refractivity contribution in [1.82, 2.24) is 4.98 Å². The Morgan fingerprint density at radius 3 is 2.93 bits per heavy atom. The zero-order chi connectivity index (χ0) is 9.97. The number of ketones is 1. The first-order valence-electron chi connectivity index (χ1n) is 4.91. The van der Waals surface area contributed by atoms with Crippen LogP contribution in [-0.4, -0.2) is 10.8 Å². The first kappa shape index (κ1) is 9.31. The number of rotatable bonds is 3. The zero-order valence-corrected chi connectivity index (χ0v) is 7.87. The summed E-state index contributed by atoms with van der Waals surface area (Å²) in [5.41, 5.74) is -0.000556. The molecule has 3 heteroatoms. The molecule has 1 saturated carbocycles. The fourth-order valence-electron chi connectivity index (χ4n) is 1.65. The molecule has 0 spiro atoms. The van der Waals surface area contributed by atoms with Crippen LogP contribution in [0.25, 0.3) is 0 Å². The molecule has 0 aromatic carbocycles. The van der Waals surface area contributed by atoms with Gasteiger partial charge in [-0.25, -0.2) is 4.39 Å². The Morgan fingerprint density at radius 1 is 1.57 bits per heavy atom. The summed E-state index contributed by atoms with van der Waals surface area (Å²) in [7, 11) is 0. The summed E-state index contributed by atoms with van der Waals surface area (Å²) in [4.78, 5) is 15.3. The molecule has 1 aliphatic rings. The molecule has 2 rings (SSSR count). The Kier molecular flexibility index (Phi) is 2.57. The van der Waals surface area contributed by atoms with Crippen molar-refractivity contribution in [2.24, 2.45) is 5.92 Å². The van der Waals surface area contributed by atoms with Crippen LogP contribution in [0.3, 0.4) is 0 Å². The topological polar surface area (TPSA) is 30.0 Å². The van der Waals surface area contributed by atoms with E-state index >= 15 is 0 Å². The van der Waals surface area contributed by atoms with E-state index in [9.17, 15) is 9.18 Å². The number of nitrogens with zero attached hydrogens (tertiary/aromatic N) is 1. The van der Waals surface area contributed by atoms with Crippen LogP contribution in [0.2, 0.25) is 0 Å². The highest BCUT2D eigenvalue weighted by Crippen LogP contribution is 2.30. The Hall–Kier alpha value is -1.25. The lowest BCUT2D eigenvalue weighted by Crippen LogP contribution is -2.17. The SMILES string of the molecule is O=C(CC1CCC1)c1ncccc1F. The van der Waals surface area contributed by atoms with Crippen molar-refractivity contribution in [3.63, 3.8) is 0 Å². The number of carbonyl (C=O) groups is 1. The molecule has 0 N–H and O–H groups in total. The minimum absolute atomic E-state index is 0.000556. The van der Waals surface area contributed by atoms with Crippen LogP contribution in [0.15, 0.2) is 18.3 Å². The van der Waals surface area contributed by atoms with Crippen molar-refractivity contribution in [2.45, 2.75) is 25.7 Å². The largest absolute Gasteiger partial charge is 0.292 e. The van der Waals surface area contributed by atoms with Crippen molar-refractivity contribution < 1.29 is 9.18 Å². The lowest BCUT2D eigenvalue weighted by atomic mass is 9.81. The molecule has 1 aliphatic carbocycles. The minimum Gasteiger partial charge on any atom is -0.292 e.